The number of hydrogen-bond acceptors (Lipinski definition) is 2. The van der Waals surface area contributed by atoms with Crippen LogP contribution in [0, 0.1) is 5.92 Å². The van der Waals surface area contributed by atoms with Gasteiger partial charge in [0.15, 0.2) is 0 Å². The molecule has 0 radical (unpaired) electrons. The minimum Gasteiger partial charge on any atom is -0.366 e. The van der Waals surface area contributed by atoms with Crippen molar-refractivity contribution in [2.24, 2.45) is 11.7 Å². The minimum absolute atomic E-state index is 0.233. The Kier molecular flexibility index (Phi) is 4.82. The van der Waals surface area contributed by atoms with Crippen molar-refractivity contribution in [1.29, 1.82) is 0 Å². The van der Waals surface area contributed by atoms with Crippen molar-refractivity contribution in [1.82, 2.24) is 4.90 Å². The summed E-state index contributed by atoms with van der Waals surface area (Å²) in [5, 5.41) is 0. The molecule has 0 heterocycles. The van der Waals surface area contributed by atoms with Gasteiger partial charge < -0.3 is 10.6 Å². The highest BCUT2D eigenvalue weighted by molar-refractivity contribution is 5.92. The van der Waals surface area contributed by atoms with Crippen molar-refractivity contribution in [3.63, 3.8) is 0 Å². The van der Waals surface area contributed by atoms with E-state index in [0.29, 0.717) is 5.92 Å². The second kappa shape index (κ2) is 5.91. The standard InChI is InChI=1S/C12H22N2O/c1-14(2)9-8-11(12(13)15)10-6-4-3-5-7-10/h8,10H,3-7,9H2,1-2H3,(H2,13,15). The summed E-state index contributed by atoms with van der Waals surface area (Å²) >= 11 is 0. The Morgan fingerprint density at radius 3 is 2.40 bits per heavy atom. The minimum atomic E-state index is -0.233. The molecule has 0 aromatic carbocycles. The zero-order valence-corrected chi connectivity index (χ0v) is 9.83. The average Bonchev–Trinajstić information content (AvgIpc) is 2.18. The van der Waals surface area contributed by atoms with Gasteiger partial charge in [-0.3, -0.25) is 4.79 Å². The van der Waals surface area contributed by atoms with E-state index in [2.05, 4.69) is 0 Å². The molecule has 1 saturated carbocycles. The van der Waals surface area contributed by atoms with Gasteiger partial charge in [0.25, 0.3) is 0 Å². The summed E-state index contributed by atoms with van der Waals surface area (Å²) in [5.74, 6) is 0.181. The fourth-order valence-electron chi connectivity index (χ4n) is 2.16. The topological polar surface area (TPSA) is 46.3 Å². The SMILES string of the molecule is CN(C)CC=C(C(N)=O)C1CCCCC1. The number of hydrogen-bond donors (Lipinski definition) is 1. The lowest BCUT2D eigenvalue weighted by Crippen LogP contribution is -2.24. The molecule has 3 heteroatoms. The van der Waals surface area contributed by atoms with Crippen LogP contribution in [-0.4, -0.2) is 31.4 Å². The van der Waals surface area contributed by atoms with Gasteiger partial charge in [-0.1, -0.05) is 25.3 Å². The van der Waals surface area contributed by atoms with Gasteiger partial charge in [0.05, 0.1) is 0 Å². The Hall–Kier alpha value is -0.830. The first-order valence-corrected chi connectivity index (χ1v) is 5.76. The lowest BCUT2D eigenvalue weighted by atomic mass is 9.83. The van der Waals surface area contributed by atoms with Crippen molar-refractivity contribution in [2.45, 2.75) is 32.1 Å². The van der Waals surface area contributed by atoms with Gasteiger partial charge in [-0.2, -0.15) is 0 Å². The molecule has 0 unspecified atom stereocenters. The Morgan fingerprint density at radius 2 is 1.93 bits per heavy atom. The maximum atomic E-state index is 11.3. The molecule has 2 N–H and O–H groups in total. The van der Waals surface area contributed by atoms with Crippen LogP contribution in [0.5, 0.6) is 0 Å². The van der Waals surface area contributed by atoms with Crippen LogP contribution in [0.1, 0.15) is 32.1 Å². The highest BCUT2D eigenvalue weighted by Gasteiger charge is 2.20. The fourth-order valence-corrected chi connectivity index (χ4v) is 2.16. The molecule has 0 aliphatic heterocycles. The number of rotatable bonds is 4. The summed E-state index contributed by atoms with van der Waals surface area (Å²) in [6.45, 7) is 0.800. The average molecular weight is 210 g/mol. The Morgan fingerprint density at radius 1 is 1.33 bits per heavy atom. The predicted octanol–water partition coefficient (Wildman–Crippen LogP) is 1.54. The lowest BCUT2D eigenvalue weighted by Gasteiger charge is -2.23. The molecule has 0 saturated heterocycles. The monoisotopic (exact) mass is 210 g/mol. The zero-order chi connectivity index (χ0) is 11.3. The maximum Gasteiger partial charge on any atom is 0.244 e. The first kappa shape index (κ1) is 12.2. The Balaban J connectivity index is 2.63. The molecule has 0 spiro atoms. The molecule has 15 heavy (non-hydrogen) atoms. The van der Waals surface area contributed by atoms with E-state index in [1.807, 2.05) is 25.1 Å². The van der Waals surface area contributed by atoms with E-state index in [1.54, 1.807) is 0 Å². The van der Waals surface area contributed by atoms with Crippen LogP contribution in [0.2, 0.25) is 0 Å². The summed E-state index contributed by atoms with van der Waals surface area (Å²) in [4.78, 5) is 13.4. The van der Waals surface area contributed by atoms with Gasteiger partial charge in [0.1, 0.15) is 0 Å². The fraction of sp³-hybridized carbons (Fsp3) is 0.750. The maximum absolute atomic E-state index is 11.3. The summed E-state index contributed by atoms with van der Waals surface area (Å²) in [6.07, 6.45) is 8.02. The van der Waals surface area contributed by atoms with Gasteiger partial charge in [0.2, 0.25) is 5.91 Å². The van der Waals surface area contributed by atoms with E-state index >= 15 is 0 Å². The van der Waals surface area contributed by atoms with Crippen LogP contribution >= 0.6 is 0 Å². The largest absolute Gasteiger partial charge is 0.366 e. The van der Waals surface area contributed by atoms with E-state index in [9.17, 15) is 4.79 Å². The van der Waals surface area contributed by atoms with Crippen LogP contribution in [0.25, 0.3) is 0 Å². The summed E-state index contributed by atoms with van der Waals surface area (Å²) in [5.41, 5.74) is 6.28. The third kappa shape index (κ3) is 4.04. The van der Waals surface area contributed by atoms with Crippen LogP contribution < -0.4 is 5.73 Å². The molecule has 0 aromatic heterocycles. The van der Waals surface area contributed by atoms with E-state index in [-0.39, 0.29) is 5.91 Å². The molecule has 0 bridgehead atoms. The van der Waals surface area contributed by atoms with Crippen LogP contribution in [0.4, 0.5) is 0 Å². The van der Waals surface area contributed by atoms with Crippen LogP contribution in [0.3, 0.4) is 0 Å². The first-order valence-electron chi connectivity index (χ1n) is 5.76. The molecule has 0 atom stereocenters. The second-order valence-corrected chi connectivity index (χ2v) is 4.62. The van der Waals surface area contributed by atoms with Crippen LogP contribution in [-0.2, 0) is 4.79 Å². The van der Waals surface area contributed by atoms with E-state index < -0.39 is 0 Å². The molecule has 1 amide bonds. The summed E-state index contributed by atoms with van der Waals surface area (Å²) < 4.78 is 0. The van der Waals surface area contributed by atoms with E-state index in [4.69, 9.17) is 5.73 Å². The van der Waals surface area contributed by atoms with E-state index in [1.165, 1.54) is 19.3 Å². The van der Waals surface area contributed by atoms with Gasteiger partial charge in [-0.25, -0.2) is 0 Å². The number of nitrogens with zero attached hydrogens (tertiary/aromatic N) is 1. The highest BCUT2D eigenvalue weighted by Crippen LogP contribution is 2.29. The lowest BCUT2D eigenvalue weighted by molar-refractivity contribution is -0.115. The number of carbonyl (C=O) groups is 1. The van der Waals surface area contributed by atoms with Crippen molar-refractivity contribution >= 4 is 5.91 Å². The predicted molar refractivity (Wildman–Crippen MR) is 62.4 cm³/mol. The third-order valence-corrected chi connectivity index (χ3v) is 3.01. The third-order valence-electron chi connectivity index (χ3n) is 3.01. The quantitative estimate of drug-likeness (QED) is 0.715. The number of carbonyl (C=O) groups excluding carboxylic acids is 1. The second-order valence-electron chi connectivity index (χ2n) is 4.62. The smallest absolute Gasteiger partial charge is 0.244 e. The van der Waals surface area contributed by atoms with E-state index in [0.717, 1.165) is 25.0 Å². The van der Waals surface area contributed by atoms with Crippen molar-refractivity contribution < 1.29 is 4.79 Å². The zero-order valence-electron chi connectivity index (χ0n) is 9.83. The van der Waals surface area contributed by atoms with Gasteiger partial charge in [-0.05, 0) is 32.9 Å². The molecule has 86 valence electrons. The highest BCUT2D eigenvalue weighted by atomic mass is 16.1. The molecular weight excluding hydrogens is 188 g/mol. The molecule has 1 fully saturated rings. The van der Waals surface area contributed by atoms with Gasteiger partial charge in [0, 0.05) is 12.1 Å². The molecule has 0 aromatic rings. The normalized spacial score (nSPS) is 19.5. The van der Waals surface area contributed by atoms with Gasteiger partial charge in [-0.15, -0.1) is 0 Å². The van der Waals surface area contributed by atoms with Gasteiger partial charge >= 0.3 is 0 Å². The number of amides is 1. The summed E-state index contributed by atoms with van der Waals surface area (Å²) in [6, 6.07) is 0. The molecule has 1 aliphatic carbocycles. The summed E-state index contributed by atoms with van der Waals surface area (Å²) in [7, 11) is 3.99. The number of likely N-dealkylation sites (N-methyl/N-ethyl adjacent to an activating group) is 1. The molecule has 3 nitrogen and oxygen atoms in total. The van der Waals surface area contributed by atoms with Crippen molar-refractivity contribution in [3.8, 4) is 0 Å². The Labute approximate surface area is 92.3 Å². The molecular formula is C12H22N2O. The van der Waals surface area contributed by atoms with Crippen molar-refractivity contribution in [3.05, 3.63) is 11.6 Å². The number of nitrogens with two attached hydrogens (primary N) is 1. The Bertz CT molecular complexity index is 240. The molecule has 1 rings (SSSR count). The first-order chi connectivity index (χ1) is 7.11. The van der Waals surface area contributed by atoms with Crippen LogP contribution in [0.15, 0.2) is 11.6 Å². The van der Waals surface area contributed by atoms with Crippen molar-refractivity contribution in [2.75, 3.05) is 20.6 Å². The molecule has 1 aliphatic rings. The number of primary amides is 1.